The van der Waals surface area contributed by atoms with Crippen LogP contribution in [0.1, 0.15) is 84.5 Å². The van der Waals surface area contributed by atoms with Gasteiger partial charge in [-0.15, -0.1) is 0 Å². The Balaban J connectivity index is 1.86. The molecule has 5 heteroatoms. The monoisotopic (exact) mass is 338 g/mol. The Morgan fingerprint density at radius 2 is 1.67 bits per heavy atom. The maximum absolute atomic E-state index is 12.2. The van der Waals surface area contributed by atoms with E-state index in [0.717, 1.165) is 12.1 Å². The second-order valence-electron chi connectivity index (χ2n) is 7.41. The minimum Gasteiger partial charge on any atom is -0.347 e. The summed E-state index contributed by atoms with van der Waals surface area (Å²) in [6, 6.07) is 0. The van der Waals surface area contributed by atoms with Crippen LogP contribution >= 0.6 is 0 Å². The van der Waals surface area contributed by atoms with E-state index in [4.69, 9.17) is 9.47 Å². The summed E-state index contributed by atoms with van der Waals surface area (Å²) in [5.74, 6) is -0.480. The molecule has 1 atom stereocenters. The first-order valence-corrected chi connectivity index (χ1v) is 9.72. The van der Waals surface area contributed by atoms with Crippen molar-refractivity contribution in [2.24, 2.45) is 11.0 Å². The molecule has 0 aromatic carbocycles. The van der Waals surface area contributed by atoms with Crippen molar-refractivity contribution in [1.82, 2.24) is 5.43 Å². The highest BCUT2D eigenvalue weighted by atomic mass is 16.7. The molecule has 0 bridgehead atoms. The Morgan fingerprint density at radius 1 is 1.08 bits per heavy atom. The number of hydrazone groups is 1. The average molecular weight is 338 g/mol. The van der Waals surface area contributed by atoms with E-state index in [-0.39, 0.29) is 12.3 Å². The zero-order valence-corrected chi connectivity index (χ0v) is 15.4. The number of hydrogen-bond donors (Lipinski definition) is 1. The predicted octanol–water partition coefficient (Wildman–Crippen LogP) is 4.16. The molecule has 1 amide bonds. The summed E-state index contributed by atoms with van der Waals surface area (Å²) in [5, 5.41) is 4.47. The number of rotatable bonds is 3. The van der Waals surface area contributed by atoms with Crippen LogP contribution in [0.3, 0.4) is 0 Å². The van der Waals surface area contributed by atoms with Gasteiger partial charge in [0.05, 0.1) is 19.6 Å². The van der Waals surface area contributed by atoms with Crippen molar-refractivity contribution in [2.45, 2.75) is 90.3 Å². The first-order valence-electron chi connectivity index (χ1n) is 9.72. The van der Waals surface area contributed by atoms with E-state index in [0.29, 0.717) is 19.1 Å². The SMILES string of the molecule is C[C@@H]1CCCCCCCCCC/C1=N/NC(=O)CC1(C)OCCO1. The van der Waals surface area contributed by atoms with Crippen LogP contribution in [0.2, 0.25) is 0 Å². The number of carbonyl (C=O) groups is 1. The summed E-state index contributed by atoms with van der Waals surface area (Å²) in [7, 11) is 0. The van der Waals surface area contributed by atoms with E-state index >= 15 is 0 Å². The van der Waals surface area contributed by atoms with Gasteiger partial charge in [-0.2, -0.15) is 5.10 Å². The van der Waals surface area contributed by atoms with Crippen LogP contribution in [0.25, 0.3) is 0 Å². The van der Waals surface area contributed by atoms with Gasteiger partial charge in [0.2, 0.25) is 5.91 Å². The molecule has 1 N–H and O–H groups in total. The minimum absolute atomic E-state index is 0.134. The third kappa shape index (κ3) is 6.89. The van der Waals surface area contributed by atoms with Crippen molar-refractivity contribution < 1.29 is 14.3 Å². The molecule has 0 aromatic rings. The number of hydrogen-bond acceptors (Lipinski definition) is 4. The molecular weight excluding hydrogens is 304 g/mol. The van der Waals surface area contributed by atoms with Gasteiger partial charge in [-0.25, -0.2) is 5.43 Å². The van der Waals surface area contributed by atoms with Crippen LogP contribution < -0.4 is 5.43 Å². The highest BCUT2D eigenvalue weighted by Crippen LogP contribution is 2.22. The van der Waals surface area contributed by atoms with Gasteiger partial charge in [0.15, 0.2) is 5.79 Å². The largest absolute Gasteiger partial charge is 0.347 e. The van der Waals surface area contributed by atoms with Gasteiger partial charge in [0.25, 0.3) is 0 Å². The van der Waals surface area contributed by atoms with Crippen LogP contribution in [-0.2, 0) is 14.3 Å². The average Bonchev–Trinajstić information content (AvgIpc) is 2.96. The Labute approximate surface area is 146 Å². The molecule has 0 unspecified atom stereocenters. The quantitative estimate of drug-likeness (QED) is 0.786. The highest BCUT2D eigenvalue weighted by Gasteiger charge is 2.33. The first kappa shape index (κ1) is 19.4. The molecule has 24 heavy (non-hydrogen) atoms. The number of amides is 1. The highest BCUT2D eigenvalue weighted by molar-refractivity contribution is 5.88. The Kier molecular flexibility index (Phi) is 8.19. The second-order valence-corrected chi connectivity index (χ2v) is 7.41. The Morgan fingerprint density at radius 3 is 2.33 bits per heavy atom. The van der Waals surface area contributed by atoms with Crippen LogP contribution in [0.15, 0.2) is 5.10 Å². The van der Waals surface area contributed by atoms with Crippen LogP contribution in [-0.4, -0.2) is 30.6 Å². The molecule has 2 fully saturated rings. The predicted molar refractivity (Wildman–Crippen MR) is 95.8 cm³/mol. The van der Waals surface area contributed by atoms with Gasteiger partial charge in [-0.05, 0) is 32.1 Å². The second kappa shape index (κ2) is 10.1. The molecule has 138 valence electrons. The van der Waals surface area contributed by atoms with E-state index in [9.17, 15) is 4.79 Å². The number of carbonyl (C=O) groups excluding carboxylic acids is 1. The van der Waals surface area contributed by atoms with Crippen molar-refractivity contribution in [3.63, 3.8) is 0 Å². The Hall–Kier alpha value is -0.940. The van der Waals surface area contributed by atoms with Crippen LogP contribution in [0.4, 0.5) is 0 Å². The van der Waals surface area contributed by atoms with E-state index in [2.05, 4.69) is 17.5 Å². The van der Waals surface area contributed by atoms with E-state index in [1.807, 2.05) is 6.92 Å². The van der Waals surface area contributed by atoms with Gasteiger partial charge in [-0.1, -0.05) is 51.9 Å². The molecule has 1 heterocycles. The summed E-state index contributed by atoms with van der Waals surface area (Å²) in [4.78, 5) is 12.2. The van der Waals surface area contributed by atoms with E-state index < -0.39 is 5.79 Å². The molecule has 1 aliphatic heterocycles. The van der Waals surface area contributed by atoms with Crippen LogP contribution in [0, 0.1) is 5.92 Å². The number of nitrogens with one attached hydrogen (secondary N) is 1. The van der Waals surface area contributed by atoms with Gasteiger partial charge in [0.1, 0.15) is 0 Å². The van der Waals surface area contributed by atoms with Crippen molar-refractivity contribution in [3.8, 4) is 0 Å². The van der Waals surface area contributed by atoms with Crippen molar-refractivity contribution in [1.29, 1.82) is 0 Å². The normalized spacial score (nSPS) is 28.1. The van der Waals surface area contributed by atoms with Crippen molar-refractivity contribution in [3.05, 3.63) is 0 Å². The van der Waals surface area contributed by atoms with Crippen molar-refractivity contribution >= 4 is 11.6 Å². The molecule has 0 radical (unpaired) electrons. The summed E-state index contributed by atoms with van der Waals surface area (Å²) in [6.45, 7) is 5.15. The topological polar surface area (TPSA) is 59.9 Å². The number of ether oxygens (including phenoxy) is 2. The molecule has 1 aliphatic carbocycles. The van der Waals surface area contributed by atoms with Crippen molar-refractivity contribution in [2.75, 3.05) is 13.2 Å². The fraction of sp³-hybridized carbons (Fsp3) is 0.895. The smallest absolute Gasteiger partial charge is 0.245 e. The third-order valence-electron chi connectivity index (χ3n) is 5.09. The maximum atomic E-state index is 12.2. The molecule has 0 aromatic heterocycles. The number of nitrogens with zero attached hydrogens (tertiary/aromatic N) is 1. The van der Waals surface area contributed by atoms with Gasteiger partial charge < -0.3 is 9.47 Å². The molecular formula is C19H34N2O3. The minimum atomic E-state index is -0.789. The van der Waals surface area contributed by atoms with Gasteiger partial charge in [0, 0.05) is 5.71 Å². The molecule has 1 saturated carbocycles. The van der Waals surface area contributed by atoms with E-state index in [1.165, 1.54) is 57.8 Å². The van der Waals surface area contributed by atoms with E-state index in [1.54, 1.807) is 0 Å². The van der Waals surface area contributed by atoms with Crippen LogP contribution in [0.5, 0.6) is 0 Å². The molecule has 2 rings (SSSR count). The lowest BCUT2D eigenvalue weighted by Gasteiger charge is -2.21. The van der Waals surface area contributed by atoms with Gasteiger partial charge in [-0.3, -0.25) is 4.79 Å². The standard InChI is InChI=1S/C19H34N2O3/c1-16-11-9-7-5-3-4-6-8-10-12-17(16)20-21-18(22)15-19(2)23-13-14-24-19/h16H,3-15H2,1-2H3,(H,21,22)/b20-17-/t16-/m1/s1. The Bertz CT molecular complexity index is 417. The summed E-state index contributed by atoms with van der Waals surface area (Å²) < 4.78 is 11.0. The zero-order valence-electron chi connectivity index (χ0n) is 15.4. The summed E-state index contributed by atoms with van der Waals surface area (Å²) >= 11 is 0. The zero-order chi connectivity index (χ0) is 17.3. The lowest BCUT2D eigenvalue weighted by atomic mass is 9.92. The molecule has 1 saturated heterocycles. The summed E-state index contributed by atoms with van der Waals surface area (Å²) in [6.07, 6.45) is 12.8. The fourth-order valence-electron chi connectivity index (χ4n) is 3.52. The fourth-order valence-corrected chi connectivity index (χ4v) is 3.52. The summed E-state index contributed by atoms with van der Waals surface area (Å²) in [5.41, 5.74) is 3.88. The lowest BCUT2D eigenvalue weighted by molar-refractivity contribution is -0.159. The molecule has 2 aliphatic rings. The first-order chi connectivity index (χ1) is 11.6. The maximum Gasteiger partial charge on any atom is 0.245 e. The lowest BCUT2D eigenvalue weighted by Crippen LogP contribution is -2.34. The molecule has 0 spiro atoms. The third-order valence-corrected chi connectivity index (χ3v) is 5.09. The molecule has 5 nitrogen and oxygen atoms in total. The van der Waals surface area contributed by atoms with Gasteiger partial charge >= 0.3 is 0 Å².